The average molecular weight is 232 g/mol. The number of benzene rings is 1. The van der Waals surface area contributed by atoms with E-state index >= 15 is 0 Å². The first-order valence-corrected chi connectivity index (χ1v) is 6.33. The maximum Gasteiger partial charge on any atom is 0.304 e. The van der Waals surface area contributed by atoms with Crippen LogP contribution in [-0.4, -0.2) is 11.1 Å². The Morgan fingerprint density at radius 2 is 1.94 bits per heavy atom. The number of carbonyl (C=O) groups is 1. The number of hydrogen-bond acceptors (Lipinski definition) is 1. The summed E-state index contributed by atoms with van der Waals surface area (Å²) in [7, 11) is 0. The van der Waals surface area contributed by atoms with Crippen molar-refractivity contribution in [1.29, 1.82) is 0 Å². The molecule has 1 aliphatic carbocycles. The predicted molar refractivity (Wildman–Crippen MR) is 68.3 cm³/mol. The lowest BCUT2D eigenvalue weighted by atomic mass is 9.74. The Balaban J connectivity index is 2.45. The average Bonchev–Trinajstić information content (AvgIpc) is 2.70. The summed E-state index contributed by atoms with van der Waals surface area (Å²) < 4.78 is 0. The van der Waals surface area contributed by atoms with Crippen molar-refractivity contribution in [1.82, 2.24) is 0 Å². The second-order valence-corrected chi connectivity index (χ2v) is 5.38. The highest BCUT2D eigenvalue weighted by Crippen LogP contribution is 2.45. The highest BCUT2D eigenvalue weighted by molar-refractivity contribution is 5.69. The van der Waals surface area contributed by atoms with Crippen LogP contribution in [0.15, 0.2) is 18.2 Å². The minimum Gasteiger partial charge on any atom is -0.481 e. The van der Waals surface area contributed by atoms with Crippen molar-refractivity contribution >= 4 is 5.97 Å². The van der Waals surface area contributed by atoms with Crippen LogP contribution >= 0.6 is 0 Å². The van der Waals surface area contributed by atoms with Gasteiger partial charge in [0.05, 0.1) is 6.42 Å². The van der Waals surface area contributed by atoms with Gasteiger partial charge in [-0.15, -0.1) is 0 Å². The summed E-state index contributed by atoms with van der Waals surface area (Å²) in [6.45, 7) is 4.17. The molecule has 1 fully saturated rings. The van der Waals surface area contributed by atoms with Gasteiger partial charge in [-0.05, 0) is 37.8 Å². The molecule has 92 valence electrons. The summed E-state index contributed by atoms with van der Waals surface area (Å²) in [5.74, 6) is -0.673. The van der Waals surface area contributed by atoms with Gasteiger partial charge in [-0.2, -0.15) is 0 Å². The molecule has 1 N–H and O–H groups in total. The molecule has 2 nitrogen and oxygen atoms in total. The first-order chi connectivity index (χ1) is 8.03. The molecule has 0 amide bonds. The Morgan fingerprint density at radius 1 is 1.29 bits per heavy atom. The van der Waals surface area contributed by atoms with Gasteiger partial charge in [0.1, 0.15) is 0 Å². The minimum absolute atomic E-state index is 0.109. The zero-order valence-corrected chi connectivity index (χ0v) is 10.6. The smallest absolute Gasteiger partial charge is 0.304 e. The fraction of sp³-hybridized carbons (Fsp3) is 0.533. The van der Waals surface area contributed by atoms with Crippen molar-refractivity contribution in [3.63, 3.8) is 0 Å². The van der Waals surface area contributed by atoms with Crippen LogP contribution in [-0.2, 0) is 10.2 Å². The molecule has 0 aromatic heterocycles. The predicted octanol–water partition coefficient (Wildman–Crippen LogP) is 3.59. The van der Waals surface area contributed by atoms with Crippen molar-refractivity contribution in [3.8, 4) is 0 Å². The molecule has 0 heterocycles. The quantitative estimate of drug-likeness (QED) is 0.864. The van der Waals surface area contributed by atoms with Gasteiger partial charge in [0, 0.05) is 5.41 Å². The first-order valence-electron chi connectivity index (χ1n) is 6.33. The molecule has 0 saturated heterocycles. The van der Waals surface area contributed by atoms with Gasteiger partial charge >= 0.3 is 5.97 Å². The van der Waals surface area contributed by atoms with Crippen molar-refractivity contribution in [2.75, 3.05) is 0 Å². The Hall–Kier alpha value is -1.31. The normalized spacial score (nSPS) is 18.2. The maximum absolute atomic E-state index is 11.1. The second kappa shape index (κ2) is 4.52. The Morgan fingerprint density at radius 3 is 2.53 bits per heavy atom. The van der Waals surface area contributed by atoms with Crippen molar-refractivity contribution in [2.45, 2.75) is 51.4 Å². The monoisotopic (exact) mass is 232 g/mol. The first kappa shape index (κ1) is 12.2. The number of rotatable bonds is 3. The Labute approximate surface area is 103 Å². The van der Waals surface area contributed by atoms with Crippen molar-refractivity contribution < 1.29 is 9.90 Å². The number of carboxylic acids is 1. The van der Waals surface area contributed by atoms with Gasteiger partial charge in [-0.3, -0.25) is 4.79 Å². The van der Waals surface area contributed by atoms with Crippen LogP contribution in [0.2, 0.25) is 0 Å². The summed E-state index contributed by atoms with van der Waals surface area (Å²) >= 11 is 0. The summed E-state index contributed by atoms with van der Waals surface area (Å²) in [5, 5.41) is 9.16. The topological polar surface area (TPSA) is 37.3 Å². The standard InChI is InChI=1S/C15H20O2/c1-11-5-6-12(2)13(9-11)15(10-14(16)17)7-3-4-8-15/h5-6,9H,3-4,7-8,10H2,1-2H3,(H,16,17). The molecular weight excluding hydrogens is 212 g/mol. The molecule has 0 radical (unpaired) electrons. The molecule has 0 atom stereocenters. The molecule has 1 saturated carbocycles. The van der Waals surface area contributed by atoms with E-state index in [1.807, 2.05) is 0 Å². The highest BCUT2D eigenvalue weighted by atomic mass is 16.4. The van der Waals surface area contributed by atoms with Crippen LogP contribution in [0.25, 0.3) is 0 Å². The molecule has 0 aliphatic heterocycles. The zero-order valence-electron chi connectivity index (χ0n) is 10.6. The van der Waals surface area contributed by atoms with E-state index in [9.17, 15) is 4.79 Å². The molecule has 2 heteroatoms. The molecule has 2 rings (SSSR count). The fourth-order valence-electron chi connectivity index (χ4n) is 3.19. The summed E-state index contributed by atoms with van der Waals surface area (Å²) in [6, 6.07) is 6.40. The lowest BCUT2D eigenvalue weighted by molar-refractivity contribution is -0.138. The highest BCUT2D eigenvalue weighted by Gasteiger charge is 2.38. The Kier molecular flexibility index (Phi) is 3.23. The zero-order chi connectivity index (χ0) is 12.5. The molecule has 0 spiro atoms. The molecule has 0 unspecified atom stereocenters. The van der Waals surface area contributed by atoms with E-state index in [0.717, 1.165) is 25.7 Å². The van der Waals surface area contributed by atoms with Gasteiger partial charge in [0.15, 0.2) is 0 Å². The van der Waals surface area contributed by atoms with Crippen LogP contribution in [0.5, 0.6) is 0 Å². The van der Waals surface area contributed by atoms with Crippen LogP contribution in [0.4, 0.5) is 0 Å². The number of hydrogen-bond donors (Lipinski definition) is 1. The van der Waals surface area contributed by atoms with Crippen molar-refractivity contribution in [3.05, 3.63) is 34.9 Å². The third-order valence-electron chi connectivity index (χ3n) is 4.01. The van der Waals surface area contributed by atoms with Gasteiger partial charge in [0.2, 0.25) is 0 Å². The van der Waals surface area contributed by atoms with Gasteiger partial charge < -0.3 is 5.11 Å². The Bertz CT molecular complexity index is 429. The van der Waals surface area contributed by atoms with Crippen LogP contribution in [0.3, 0.4) is 0 Å². The maximum atomic E-state index is 11.1. The third-order valence-corrected chi connectivity index (χ3v) is 4.01. The van der Waals surface area contributed by atoms with Gasteiger partial charge in [-0.25, -0.2) is 0 Å². The summed E-state index contributed by atoms with van der Waals surface area (Å²) in [5.41, 5.74) is 3.61. The van der Waals surface area contributed by atoms with Crippen molar-refractivity contribution in [2.24, 2.45) is 0 Å². The summed E-state index contributed by atoms with van der Waals surface area (Å²) in [6.07, 6.45) is 4.62. The van der Waals surface area contributed by atoms with E-state index in [-0.39, 0.29) is 11.8 Å². The second-order valence-electron chi connectivity index (χ2n) is 5.38. The van der Waals surface area contributed by atoms with Crippen LogP contribution in [0.1, 0.15) is 48.8 Å². The number of aliphatic carboxylic acids is 1. The minimum atomic E-state index is -0.673. The molecule has 1 aliphatic rings. The molecule has 0 bridgehead atoms. The van der Waals surface area contributed by atoms with Gasteiger partial charge in [-0.1, -0.05) is 36.6 Å². The number of carboxylic acid groups (broad SMARTS) is 1. The van der Waals surface area contributed by atoms with E-state index in [1.165, 1.54) is 16.7 Å². The lowest BCUT2D eigenvalue weighted by Crippen LogP contribution is -2.27. The SMILES string of the molecule is Cc1ccc(C)c(C2(CC(=O)O)CCCC2)c1. The summed E-state index contributed by atoms with van der Waals surface area (Å²) in [4.78, 5) is 11.1. The molecule has 17 heavy (non-hydrogen) atoms. The van der Waals surface area contributed by atoms with E-state index in [0.29, 0.717) is 0 Å². The fourth-order valence-corrected chi connectivity index (χ4v) is 3.19. The van der Waals surface area contributed by atoms with Gasteiger partial charge in [0.25, 0.3) is 0 Å². The number of aryl methyl sites for hydroxylation is 2. The van der Waals surface area contributed by atoms with E-state index in [4.69, 9.17) is 5.11 Å². The van der Waals surface area contributed by atoms with Crippen LogP contribution in [0, 0.1) is 13.8 Å². The largest absolute Gasteiger partial charge is 0.481 e. The van der Waals surface area contributed by atoms with E-state index < -0.39 is 5.97 Å². The molecule has 1 aromatic carbocycles. The van der Waals surface area contributed by atoms with E-state index in [1.54, 1.807) is 0 Å². The molecule has 1 aromatic rings. The third kappa shape index (κ3) is 2.36. The molecular formula is C15H20O2. The van der Waals surface area contributed by atoms with Crippen LogP contribution < -0.4 is 0 Å². The van der Waals surface area contributed by atoms with E-state index in [2.05, 4.69) is 32.0 Å². The lowest BCUT2D eigenvalue weighted by Gasteiger charge is -2.30.